The molecule has 0 aliphatic rings. The van der Waals surface area contributed by atoms with Crippen LogP contribution in [0.15, 0.2) is 0 Å². The second-order valence-corrected chi connectivity index (χ2v) is 16.9. The zero-order valence-electron chi connectivity index (χ0n) is 36.8. The highest BCUT2D eigenvalue weighted by Gasteiger charge is 2.16. The highest BCUT2D eigenvalue weighted by atomic mass is 16.6. The van der Waals surface area contributed by atoms with Gasteiger partial charge in [0.2, 0.25) is 0 Å². The van der Waals surface area contributed by atoms with E-state index in [9.17, 15) is 14.7 Å². The van der Waals surface area contributed by atoms with E-state index >= 15 is 0 Å². The Morgan fingerprint density at radius 1 is 0.352 bits per heavy atom. The number of carbonyl (C=O) groups excluding carboxylic acids is 2. The lowest BCUT2D eigenvalue weighted by Crippen LogP contribution is -2.28. The van der Waals surface area contributed by atoms with Gasteiger partial charge in [-0.05, 0) is 12.8 Å². The molecule has 0 aromatic rings. The van der Waals surface area contributed by atoms with Gasteiger partial charge in [0.1, 0.15) is 6.61 Å². The van der Waals surface area contributed by atoms with Crippen molar-refractivity contribution >= 4 is 11.9 Å². The molecule has 0 aliphatic heterocycles. The van der Waals surface area contributed by atoms with E-state index in [-0.39, 0.29) is 25.2 Å². The molecule has 1 atom stereocenters. The third-order valence-corrected chi connectivity index (χ3v) is 11.4. The van der Waals surface area contributed by atoms with Crippen molar-refractivity contribution < 1.29 is 24.2 Å². The first kappa shape index (κ1) is 52.9. The van der Waals surface area contributed by atoms with Crippen LogP contribution >= 0.6 is 0 Å². The normalized spacial score (nSPS) is 12.0. The van der Waals surface area contributed by atoms with Crippen molar-refractivity contribution in [3.63, 3.8) is 0 Å². The van der Waals surface area contributed by atoms with Gasteiger partial charge in [-0.3, -0.25) is 9.59 Å². The Morgan fingerprint density at radius 3 is 0.815 bits per heavy atom. The molecule has 0 aliphatic carbocycles. The molecule has 0 spiro atoms. The van der Waals surface area contributed by atoms with Crippen LogP contribution in [0.2, 0.25) is 0 Å². The number of esters is 2. The van der Waals surface area contributed by atoms with Crippen LogP contribution in [0.4, 0.5) is 0 Å². The van der Waals surface area contributed by atoms with Crippen molar-refractivity contribution in [3.05, 3.63) is 0 Å². The summed E-state index contributed by atoms with van der Waals surface area (Å²) in [5.41, 5.74) is 0. The van der Waals surface area contributed by atoms with Gasteiger partial charge in [-0.15, -0.1) is 0 Å². The molecule has 0 fully saturated rings. The average molecular weight is 765 g/mol. The lowest BCUT2D eigenvalue weighted by atomic mass is 10.0. The van der Waals surface area contributed by atoms with Crippen molar-refractivity contribution in [2.45, 2.75) is 290 Å². The Balaban J connectivity index is 3.43. The summed E-state index contributed by atoms with van der Waals surface area (Å²) in [6.07, 6.45) is 53.3. The summed E-state index contributed by atoms with van der Waals surface area (Å²) < 4.78 is 10.7. The molecule has 322 valence electrons. The minimum atomic E-state index is -0.763. The van der Waals surface area contributed by atoms with E-state index in [1.807, 2.05) is 0 Å². The van der Waals surface area contributed by atoms with E-state index in [2.05, 4.69) is 13.8 Å². The molecule has 1 unspecified atom stereocenters. The van der Waals surface area contributed by atoms with Crippen molar-refractivity contribution in [2.24, 2.45) is 0 Å². The van der Waals surface area contributed by atoms with Crippen LogP contribution in [0, 0.1) is 0 Å². The fourth-order valence-corrected chi connectivity index (χ4v) is 7.68. The number of unbranched alkanes of at least 4 members (excludes halogenated alkanes) is 38. The Kier molecular flexibility index (Phi) is 45.3. The van der Waals surface area contributed by atoms with Crippen molar-refractivity contribution in [3.8, 4) is 0 Å². The number of hydrogen-bond donors (Lipinski definition) is 1. The van der Waals surface area contributed by atoms with Crippen LogP contribution in [0.1, 0.15) is 284 Å². The van der Waals surface area contributed by atoms with E-state index in [0.29, 0.717) is 12.8 Å². The van der Waals surface area contributed by atoms with E-state index in [4.69, 9.17) is 9.47 Å². The molecular formula is C49H96O5. The minimum Gasteiger partial charge on any atom is -0.462 e. The monoisotopic (exact) mass is 765 g/mol. The van der Waals surface area contributed by atoms with Gasteiger partial charge in [0.15, 0.2) is 6.10 Å². The molecule has 0 saturated carbocycles. The van der Waals surface area contributed by atoms with E-state index in [1.54, 1.807) is 0 Å². The smallest absolute Gasteiger partial charge is 0.306 e. The zero-order valence-corrected chi connectivity index (χ0v) is 36.8. The second-order valence-electron chi connectivity index (χ2n) is 16.9. The van der Waals surface area contributed by atoms with Crippen LogP contribution in [0.5, 0.6) is 0 Å². The third-order valence-electron chi connectivity index (χ3n) is 11.4. The maximum absolute atomic E-state index is 12.2. The summed E-state index contributed by atoms with van der Waals surface area (Å²) in [4.78, 5) is 24.4. The van der Waals surface area contributed by atoms with Crippen molar-refractivity contribution in [1.29, 1.82) is 0 Å². The fraction of sp³-hybridized carbons (Fsp3) is 0.959. The van der Waals surface area contributed by atoms with Gasteiger partial charge in [0, 0.05) is 12.8 Å². The lowest BCUT2D eigenvalue weighted by Gasteiger charge is -2.15. The molecule has 0 heterocycles. The molecule has 0 amide bonds. The molecule has 0 bridgehead atoms. The van der Waals surface area contributed by atoms with Crippen LogP contribution < -0.4 is 0 Å². The Morgan fingerprint density at radius 2 is 0.574 bits per heavy atom. The summed E-state index contributed by atoms with van der Waals surface area (Å²) in [5.74, 6) is -0.567. The first-order chi connectivity index (χ1) is 26.6. The zero-order chi connectivity index (χ0) is 39.3. The standard InChI is InChI=1S/C49H96O5/c1-3-5-7-9-11-13-15-17-19-21-23-24-26-27-29-31-33-35-37-39-41-43-48(51)53-46-47(45-50)54-49(52)44-42-40-38-36-34-32-30-28-25-22-20-18-16-14-12-10-8-6-4-2/h47,50H,3-46H2,1-2H3. The molecular weight excluding hydrogens is 669 g/mol. The molecule has 1 N–H and O–H groups in total. The summed E-state index contributed by atoms with van der Waals surface area (Å²) in [5, 5.41) is 9.61. The highest BCUT2D eigenvalue weighted by Crippen LogP contribution is 2.17. The largest absolute Gasteiger partial charge is 0.462 e. The third kappa shape index (κ3) is 43.6. The van der Waals surface area contributed by atoms with Gasteiger partial charge in [-0.25, -0.2) is 0 Å². The van der Waals surface area contributed by atoms with Crippen LogP contribution in [-0.4, -0.2) is 36.4 Å². The quantitative estimate of drug-likeness (QED) is 0.0494. The summed E-state index contributed by atoms with van der Waals surface area (Å²) in [7, 11) is 0. The van der Waals surface area contributed by atoms with Crippen molar-refractivity contribution in [1.82, 2.24) is 0 Å². The average Bonchev–Trinajstić information content (AvgIpc) is 3.17. The highest BCUT2D eigenvalue weighted by molar-refractivity contribution is 5.70. The molecule has 0 aromatic heterocycles. The Bertz CT molecular complexity index is 740. The van der Waals surface area contributed by atoms with Gasteiger partial charge in [0.25, 0.3) is 0 Å². The van der Waals surface area contributed by atoms with Crippen LogP contribution in [0.25, 0.3) is 0 Å². The molecule has 5 nitrogen and oxygen atoms in total. The number of rotatable bonds is 46. The summed E-state index contributed by atoms with van der Waals surface area (Å²) >= 11 is 0. The molecule has 0 aromatic carbocycles. The van der Waals surface area contributed by atoms with E-state index in [1.165, 1.54) is 225 Å². The van der Waals surface area contributed by atoms with Gasteiger partial charge >= 0.3 is 11.9 Å². The lowest BCUT2D eigenvalue weighted by molar-refractivity contribution is -0.161. The summed E-state index contributed by atoms with van der Waals surface area (Å²) in [6.45, 7) is 4.20. The Labute approximate surface area is 338 Å². The fourth-order valence-electron chi connectivity index (χ4n) is 7.68. The van der Waals surface area contributed by atoms with Gasteiger partial charge < -0.3 is 14.6 Å². The van der Waals surface area contributed by atoms with E-state index < -0.39 is 6.10 Å². The SMILES string of the molecule is CCCCCCCCCCCCCCCCCCCCCCCC(=O)OCC(CO)OC(=O)CCCCCCCCCCCCCCCCCCCCC. The molecule has 5 heteroatoms. The first-order valence-corrected chi connectivity index (χ1v) is 24.6. The molecule has 0 radical (unpaired) electrons. The molecule has 0 rings (SSSR count). The summed E-state index contributed by atoms with van der Waals surface area (Å²) in [6, 6.07) is 0. The number of carbonyl (C=O) groups is 2. The van der Waals surface area contributed by atoms with Crippen LogP contribution in [-0.2, 0) is 19.1 Å². The molecule has 0 saturated heterocycles. The van der Waals surface area contributed by atoms with Gasteiger partial charge in [0.05, 0.1) is 6.61 Å². The number of aliphatic hydroxyl groups is 1. The minimum absolute atomic E-state index is 0.0560. The number of ether oxygens (including phenoxy) is 2. The molecule has 54 heavy (non-hydrogen) atoms. The maximum atomic E-state index is 12.2. The predicted molar refractivity (Wildman–Crippen MR) is 233 cm³/mol. The van der Waals surface area contributed by atoms with Gasteiger partial charge in [-0.1, -0.05) is 258 Å². The Hall–Kier alpha value is -1.10. The topological polar surface area (TPSA) is 72.8 Å². The maximum Gasteiger partial charge on any atom is 0.306 e. The predicted octanol–water partition coefficient (Wildman–Crippen LogP) is 15.9. The number of hydrogen-bond acceptors (Lipinski definition) is 5. The second kappa shape index (κ2) is 46.3. The number of aliphatic hydroxyl groups excluding tert-OH is 1. The van der Waals surface area contributed by atoms with Crippen LogP contribution in [0.3, 0.4) is 0 Å². The van der Waals surface area contributed by atoms with Gasteiger partial charge in [-0.2, -0.15) is 0 Å². The van der Waals surface area contributed by atoms with Crippen molar-refractivity contribution in [2.75, 3.05) is 13.2 Å². The first-order valence-electron chi connectivity index (χ1n) is 24.6. The van der Waals surface area contributed by atoms with E-state index in [0.717, 1.165) is 32.1 Å².